The topological polar surface area (TPSA) is 58.6 Å². The van der Waals surface area contributed by atoms with E-state index < -0.39 is 29.7 Å². The third kappa shape index (κ3) is 4.17. The fourth-order valence-electron chi connectivity index (χ4n) is 2.68. The standard InChI is InChI=1S/C17H20F2N2O3/c1-3-14(17(23)24-2)20-15-5-4-8-21(16(15)22)10-11-6-7-12(18)9-13(11)19/h3,6-7,9,14-15,20H,1,4-5,8,10H2,2H3/t14-,15+/m0/s1. The molecule has 2 atom stereocenters. The van der Waals surface area contributed by atoms with Crippen molar-refractivity contribution in [2.24, 2.45) is 0 Å². The van der Waals surface area contributed by atoms with Crippen molar-refractivity contribution in [3.63, 3.8) is 0 Å². The van der Waals surface area contributed by atoms with Crippen LogP contribution < -0.4 is 5.32 Å². The van der Waals surface area contributed by atoms with Crippen LogP contribution in [0.5, 0.6) is 0 Å². The molecule has 1 fully saturated rings. The molecule has 0 aliphatic carbocycles. The lowest BCUT2D eigenvalue weighted by molar-refractivity contribution is -0.143. The van der Waals surface area contributed by atoms with Gasteiger partial charge in [0, 0.05) is 24.7 Å². The van der Waals surface area contributed by atoms with E-state index in [0.717, 1.165) is 12.1 Å². The van der Waals surface area contributed by atoms with Crippen molar-refractivity contribution >= 4 is 11.9 Å². The highest BCUT2D eigenvalue weighted by Crippen LogP contribution is 2.18. The van der Waals surface area contributed by atoms with Crippen LogP contribution in [0.2, 0.25) is 0 Å². The molecule has 5 nitrogen and oxygen atoms in total. The number of halogens is 2. The summed E-state index contributed by atoms with van der Waals surface area (Å²) in [6.45, 7) is 4.09. The number of hydrogen-bond acceptors (Lipinski definition) is 4. The lowest BCUT2D eigenvalue weighted by Crippen LogP contribution is -2.54. The first kappa shape index (κ1) is 18.1. The van der Waals surface area contributed by atoms with Crippen LogP contribution in [-0.4, -0.2) is 42.5 Å². The molecule has 1 N–H and O–H groups in total. The molecule has 1 heterocycles. The van der Waals surface area contributed by atoms with Crippen LogP contribution in [0.3, 0.4) is 0 Å². The predicted octanol–water partition coefficient (Wildman–Crippen LogP) is 1.77. The zero-order chi connectivity index (χ0) is 17.7. The lowest BCUT2D eigenvalue weighted by Gasteiger charge is -2.34. The second kappa shape index (κ2) is 8.01. The van der Waals surface area contributed by atoms with Crippen molar-refractivity contribution in [3.05, 3.63) is 48.1 Å². The van der Waals surface area contributed by atoms with Crippen LogP contribution in [0.4, 0.5) is 8.78 Å². The molecular weight excluding hydrogens is 318 g/mol. The van der Waals surface area contributed by atoms with E-state index in [1.165, 1.54) is 24.2 Å². The van der Waals surface area contributed by atoms with E-state index in [4.69, 9.17) is 0 Å². The highest BCUT2D eigenvalue weighted by Gasteiger charge is 2.32. The van der Waals surface area contributed by atoms with Gasteiger partial charge in [-0.1, -0.05) is 12.1 Å². The van der Waals surface area contributed by atoms with Gasteiger partial charge in [0.25, 0.3) is 0 Å². The lowest BCUT2D eigenvalue weighted by atomic mass is 10.0. The Labute approximate surface area is 139 Å². The molecule has 0 spiro atoms. The number of nitrogens with one attached hydrogen (secondary N) is 1. The number of hydrogen-bond donors (Lipinski definition) is 1. The number of amides is 1. The van der Waals surface area contributed by atoms with E-state index in [9.17, 15) is 18.4 Å². The van der Waals surface area contributed by atoms with Gasteiger partial charge in [0.05, 0.1) is 13.2 Å². The normalized spacial score (nSPS) is 19.0. The van der Waals surface area contributed by atoms with Gasteiger partial charge in [0.1, 0.15) is 17.7 Å². The van der Waals surface area contributed by atoms with Crippen LogP contribution in [0.25, 0.3) is 0 Å². The maximum Gasteiger partial charge on any atom is 0.326 e. The Morgan fingerprint density at radius 1 is 1.54 bits per heavy atom. The number of rotatable bonds is 6. The average Bonchev–Trinajstić information content (AvgIpc) is 2.57. The minimum Gasteiger partial charge on any atom is -0.468 e. The summed E-state index contributed by atoms with van der Waals surface area (Å²) in [5, 5.41) is 2.91. The van der Waals surface area contributed by atoms with Gasteiger partial charge in [-0.3, -0.25) is 14.9 Å². The molecule has 0 bridgehead atoms. The van der Waals surface area contributed by atoms with Gasteiger partial charge >= 0.3 is 5.97 Å². The quantitative estimate of drug-likeness (QED) is 0.634. The van der Waals surface area contributed by atoms with E-state index in [1.54, 1.807) is 0 Å². The molecule has 1 aromatic carbocycles. The highest BCUT2D eigenvalue weighted by molar-refractivity contribution is 5.84. The van der Waals surface area contributed by atoms with Gasteiger partial charge in [-0.05, 0) is 18.9 Å². The summed E-state index contributed by atoms with van der Waals surface area (Å²) in [4.78, 5) is 25.7. The molecule has 1 aliphatic heterocycles. The Morgan fingerprint density at radius 2 is 2.29 bits per heavy atom. The Hall–Kier alpha value is -2.28. The van der Waals surface area contributed by atoms with Gasteiger partial charge in [-0.2, -0.15) is 0 Å². The Kier molecular flexibility index (Phi) is 6.03. The smallest absolute Gasteiger partial charge is 0.326 e. The molecule has 1 aliphatic rings. The number of esters is 1. The molecule has 0 radical (unpaired) electrons. The van der Waals surface area contributed by atoms with E-state index in [0.29, 0.717) is 19.4 Å². The third-order valence-corrected chi connectivity index (χ3v) is 3.98. The van der Waals surface area contributed by atoms with E-state index in [-0.39, 0.29) is 18.0 Å². The second-order valence-corrected chi connectivity index (χ2v) is 5.59. The van der Waals surface area contributed by atoms with Crippen molar-refractivity contribution in [3.8, 4) is 0 Å². The fourth-order valence-corrected chi connectivity index (χ4v) is 2.68. The summed E-state index contributed by atoms with van der Waals surface area (Å²) in [5.74, 6) is -2.11. The summed E-state index contributed by atoms with van der Waals surface area (Å²) in [5.41, 5.74) is 0.249. The first-order chi connectivity index (χ1) is 11.5. The molecule has 1 saturated heterocycles. The van der Waals surface area contributed by atoms with Crippen LogP contribution in [0, 0.1) is 11.6 Å². The van der Waals surface area contributed by atoms with Crippen LogP contribution in [0.1, 0.15) is 18.4 Å². The maximum absolute atomic E-state index is 13.8. The van der Waals surface area contributed by atoms with Crippen LogP contribution >= 0.6 is 0 Å². The Bertz CT molecular complexity index is 636. The molecule has 130 valence electrons. The molecule has 0 aromatic heterocycles. The number of methoxy groups -OCH3 is 1. The SMILES string of the molecule is C=C[C@H](N[C@@H]1CCCN(Cc2ccc(F)cc2F)C1=O)C(=O)OC. The van der Waals surface area contributed by atoms with Crippen LogP contribution in [-0.2, 0) is 20.9 Å². The summed E-state index contributed by atoms with van der Waals surface area (Å²) < 4.78 is 31.4. The highest BCUT2D eigenvalue weighted by atomic mass is 19.1. The van der Waals surface area contributed by atoms with Crippen molar-refractivity contribution in [1.82, 2.24) is 10.2 Å². The fraction of sp³-hybridized carbons (Fsp3) is 0.412. The number of benzene rings is 1. The minimum atomic E-state index is -0.786. The van der Waals surface area contributed by atoms with Crippen molar-refractivity contribution in [2.75, 3.05) is 13.7 Å². The third-order valence-electron chi connectivity index (χ3n) is 3.98. The first-order valence-electron chi connectivity index (χ1n) is 7.65. The number of carbonyl (C=O) groups is 2. The van der Waals surface area contributed by atoms with E-state index >= 15 is 0 Å². The number of piperidine rings is 1. The number of ether oxygens (including phenoxy) is 1. The maximum atomic E-state index is 13.8. The first-order valence-corrected chi connectivity index (χ1v) is 7.65. The zero-order valence-electron chi connectivity index (χ0n) is 13.4. The summed E-state index contributed by atoms with van der Waals surface area (Å²) >= 11 is 0. The number of nitrogens with zero attached hydrogens (tertiary/aromatic N) is 1. The molecule has 7 heteroatoms. The molecule has 1 aromatic rings. The van der Waals surface area contributed by atoms with Gasteiger partial charge in [-0.15, -0.1) is 6.58 Å². The second-order valence-electron chi connectivity index (χ2n) is 5.59. The number of carbonyl (C=O) groups excluding carboxylic acids is 2. The number of likely N-dealkylation sites (tertiary alicyclic amines) is 1. The summed E-state index contributed by atoms with van der Waals surface area (Å²) in [7, 11) is 1.26. The van der Waals surface area contributed by atoms with E-state index in [2.05, 4.69) is 16.6 Å². The van der Waals surface area contributed by atoms with E-state index in [1.807, 2.05) is 0 Å². The van der Waals surface area contributed by atoms with Gasteiger partial charge in [-0.25, -0.2) is 8.78 Å². The van der Waals surface area contributed by atoms with Gasteiger partial charge in [0.2, 0.25) is 5.91 Å². The van der Waals surface area contributed by atoms with Crippen molar-refractivity contribution in [1.29, 1.82) is 0 Å². The Balaban J connectivity index is 2.06. The zero-order valence-corrected chi connectivity index (χ0v) is 13.4. The van der Waals surface area contributed by atoms with Crippen molar-refractivity contribution in [2.45, 2.75) is 31.5 Å². The molecule has 24 heavy (non-hydrogen) atoms. The largest absolute Gasteiger partial charge is 0.468 e. The average molecular weight is 338 g/mol. The molecular formula is C17H20F2N2O3. The Morgan fingerprint density at radius 3 is 2.92 bits per heavy atom. The molecule has 0 unspecified atom stereocenters. The van der Waals surface area contributed by atoms with Crippen molar-refractivity contribution < 1.29 is 23.1 Å². The summed E-state index contributed by atoms with van der Waals surface area (Å²) in [6.07, 6.45) is 2.64. The molecule has 2 rings (SSSR count). The summed E-state index contributed by atoms with van der Waals surface area (Å²) in [6, 6.07) is 1.92. The monoisotopic (exact) mass is 338 g/mol. The van der Waals surface area contributed by atoms with Gasteiger partial charge < -0.3 is 9.64 Å². The van der Waals surface area contributed by atoms with Gasteiger partial charge in [0.15, 0.2) is 0 Å². The van der Waals surface area contributed by atoms with Crippen LogP contribution in [0.15, 0.2) is 30.9 Å². The predicted molar refractivity (Wildman–Crippen MR) is 83.9 cm³/mol. The molecule has 0 saturated carbocycles. The molecule has 1 amide bonds. The minimum absolute atomic E-state index is 0.0557.